The molecule has 0 aliphatic heterocycles. The third-order valence-corrected chi connectivity index (χ3v) is 4.84. The van der Waals surface area contributed by atoms with Crippen LogP contribution in [0.3, 0.4) is 0 Å². The van der Waals surface area contributed by atoms with Gasteiger partial charge in [-0.15, -0.1) is 0 Å². The van der Waals surface area contributed by atoms with Crippen LogP contribution in [0.15, 0.2) is 42.5 Å². The summed E-state index contributed by atoms with van der Waals surface area (Å²) in [6.07, 6.45) is 5.98. The summed E-state index contributed by atoms with van der Waals surface area (Å²) >= 11 is 0. The fourth-order valence-electron chi connectivity index (χ4n) is 3.66. The number of nitrogens with two attached hydrogens (primary N) is 1. The van der Waals surface area contributed by atoms with Gasteiger partial charge in [0.15, 0.2) is 0 Å². The van der Waals surface area contributed by atoms with E-state index in [0.717, 1.165) is 12.2 Å². The van der Waals surface area contributed by atoms with Crippen LogP contribution in [0.25, 0.3) is 0 Å². The van der Waals surface area contributed by atoms with E-state index in [1.54, 1.807) is 0 Å². The van der Waals surface area contributed by atoms with Crippen LogP contribution in [0.1, 0.15) is 41.1 Å². The summed E-state index contributed by atoms with van der Waals surface area (Å²) in [5.74, 6) is 0.976. The number of benzene rings is 2. The molecule has 2 heteroatoms. The summed E-state index contributed by atoms with van der Waals surface area (Å²) in [5, 5.41) is 0. The summed E-state index contributed by atoms with van der Waals surface area (Å²) in [5.41, 5.74) is 11.9. The minimum atomic E-state index is -0.0165. The fraction of sp³-hybridized carbons (Fsp3) is 0.368. The van der Waals surface area contributed by atoms with E-state index in [-0.39, 0.29) is 12.1 Å². The molecule has 2 aliphatic rings. The van der Waals surface area contributed by atoms with Crippen LogP contribution in [0, 0.1) is 0 Å². The largest absolute Gasteiger partial charge is 0.488 e. The molecule has 108 valence electrons. The summed E-state index contributed by atoms with van der Waals surface area (Å²) < 4.78 is 6.21. The smallest absolute Gasteiger partial charge is 0.122 e. The molecule has 2 unspecified atom stereocenters. The number of rotatable bonds is 2. The van der Waals surface area contributed by atoms with Crippen LogP contribution in [-0.4, -0.2) is 6.10 Å². The summed E-state index contributed by atoms with van der Waals surface area (Å²) in [7, 11) is 0. The topological polar surface area (TPSA) is 35.2 Å². The van der Waals surface area contributed by atoms with E-state index in [0.29, 0.717) is 0 Å². The Morgan fingerprint density at radius 3 is 2.57 bits per heavy atom. The summed E-state index contributed by atoms with van der Waals surface area (Å²) in [6, 6.07) is 15.0. The van der Waals surface area contributed by atoms with Crippen molar-refractivity contribution in [2.24, 2.45) is 5.73 Å². The van der Waals surface area contributed by atoms with Crippen LogP contribution < -0.4 is 10.5 Å². The van der Waals surface area contributed by atoms with Crippen molar-refractivity contribution >= 4 is 0 Å². The van der Waals surface area contributed by atoms with Gasteiger partial charge in [-0.1, -0.05) is 30.3 Å². The van der Waals surface area contributed by atoms with Crippen molar-refractivity contribution in [3.8, 4) is 5.75 Å². The van der Waals surface area contributed by atoms with Crippen molar-refractivity contribution in [3.05, 3.63) is 64.7 Å². The molecular weight excluding hydrogens is 258 g/mol. The Morgan fingerprint density at radius 1 is 0.905 bits per heavy atom. The van der Waals surface area contributed by atoms with Gasteiger partial charge in [-0.3, -0.25) is 0 Å². The minimum Gasteiger partial charge on any atom is -0.488 e. The molecule has 2 aromatic rings. The Kier molecular flexibility index (Phi) is 3.19. The molecule has 0 saturated carbocycles. The van der Waals surface area contributed by atoms with E-state index in [1.807, 2.05) is 0 Å². The maximum Gasteiger partial charge on any atom is 0.122 e. The number of ether oxygens (including phenoxy) is 1. The van der Waals surface area contributed by atoms with Crippen molar-refractivity contribution in [1.29, 1.82) is 0 Å². The highest BCUT2D eigenvalue weighted by Gasteiger charge is 2.31. The van der Waals surface area contributed by atoms with Gasteiger partial charge in [0.1, 0.15) is 11.9 Å². The fourth-order valence-corrected chi connectivity index (χ4v) is 3.66. The van der Waals surface area contributed by atoms with Crippen LogP contribution in [0.2, 0.25) is 0 Å². The Hall–Kier alpha value is -1.80. The van der Waals surface area contributed by atoms with Gasteiger partial charge in [0.2, 0.25) is 0 Å². The quantitative estimate of drug-likeness (QED) is 0.912. The average molecular weight is 279 g/mol. The standard InChI is InChI=1S/C19H21NO/c20-19-17-8-4-3-7-15(17)12-18(19)21-16-10-9-13-5-1-2-6-14(13)11-16/h3-4,7-11,18-19H,1-2,5-6,12,20H2. The monoisotopic (exact) mass is 279 g/mol. The van der Waals surface area contributed by atoms with Gasteiger partial charge >= 0.3 is 0 Å². The van der Waals surface area contributed by atoms with E-state index < -0.39 is 0 Å². The van der Waals surface area contributed by atoms with Gasteiger partial charge in [0, 0.05) is 6.42 Å². The number of hydrogen-bond donors (Lipinski definition) is 1. The zero-order valence-corrected chi connectivity index (χ0v) is 12.2. The van der Waals surface area contributed by atoms with E-state index in [1.165, 1.54) is 47.9 Å². The van der Waals surface area contributed by atoms with Gasteiger partial charge in [-0.25, -0.2) is 0 Å². The maximum atomic E-state index is 6.35. The molecule has 2 aliphatic carbocycles. The summed E-state index contributed by atoms with van der Waals surface area (Å²) in [6.45, 7) is 0. The highest BCUT2D eigenvalue weighted by Crippen LogP contribution is 2.33. The second-order valence-corrected chi connectivity index (χ2v) is 6.22. The molecule has 2 nitrogen and oxygen atoms in total. The number of hydrogen-bond acceptors (Lipinski definition) is 2. The molecule has 0 aromatic heterocycles. The first kappa shape index (κ1) is 12.9. The Morgan fingerprint density at radius 2 is 1.71 bits per heavy atom. The van der Waals surface area contributed by atoms with Gasteiger partial charge < -0.3 is 10.5 Å². The molecule has 4 rings (SSSR count). The Bertz CT molecular complexity index is 664. The zero-order chi connectivity index (χ0) is 14.2. The van der Waals surface area contributed by atoms with Crippen LogP contribution in [-0.2, 0) is 19.3 Å². The van der Waals surface area contributed by atoms with Gasteiger partial charge in [0.05, 0.1) is 6.04 Å². The molecule has 0 amide bonds. The van der Waals surface area contributed by atoms with E-state index >= 15 is 0 Å². The molecule has 2 N–H and O–H groups in total. The Labute approximate surface area is 125 Å². The lowest BCUT2D eigenvalue weighted by Crippen LogP contribution is -2.27. The molecule has 0 saturated heterocycles. The van der Waals surface area contributed by atoms with Crippen molar-refractivity contribution in [1.82, 2.24) is 0 Å². The first-order chi connectivity index (χ1) is 10.3. The lowest BCUT2D eigenvalue weighted by molar-refractivity contribution is 0.185. The average Bonchev–Trinajstić information content (AvgIpc) is 2.84. The predicted octanol–water partition coefficient (Wildman–Crippen LogP) is 3.57. The maximum absolute atomic E-state index is 6.35. The highest BCUT2D eigenvalue weighted by molar-refractivity contribution is 5.39. The Balaban J connectivity index is 1.55. The van der Waals surface area contributed by atoms with E-state index in [2.05, 4.69) is 42.5 Å². The molecule has 0 spiro atoms. The third-order valence-electron chi connectivity index (χ3n) is 4.84. The first-order valence-electron chi connectivity index (χ1n) is 7.93. The summed E-state index contributed by atoms with van der Waals surface area (Å²) in [4.78, 5) is 0. The van der Waals surface area contributed by atoms with Crippen molar-refractivity contribution in [2.45, 2.75) is 44.2 Å². The van der Waals surface area contributed by atoms with Crippen molar-refractivity contribution in [3.63, 3.8) is 0 Å². The zero-order valence-electron chi connectivity index (χ0n) is 12.2. The molecule has 0 radical (unpaired) electrons. The molecule has 0 bridgehead atoms. The van der Waals surface area contributed by atoms with Crippen LogP contribution >= 0.6 is 0 Å². The van der Waals surface area contributed by atoms with E-state index in [9.17, 15) is 0 Å². The lowest BCUT2D eigenvalue weighted by atomic mass is 9.92. The van der Waals surface area contributed by atoms with Crippen LogP contribution in [0.5, 0.6) is 5.75 Å². The highest BCUT2D eigenvalue weighted by atomic mass is 16.5. The van der Waals surface area contributed by atoms with Gasteiger partial charge in [-0.05, 0) is 60.1 Å². The third kappa shape index (κ3) is 2.34. The molecule has 0 fully saturated rings. The minimum absolute atomic E-state index is 0.0165. The van der Waals surface area contributed by atoms with Crippen molar-refractivity contribution < 1.29 is 4.74 Å². The molecular formula is C19H21NO. The lowest BCUT2D eigenvalue weighted by Gasteiger charge is -2.21. The first-order valence-corrected chi connectivity index (χ1v) is 7.93. The number of fused-ring (bicyclic) bond motifs is 2. The second kappa shape index (κ2) is 5.19. The normalized spacial score (nSPS) is 23.5. The molecule has 21 heavy (non-hydrogen) atoms. The molecule has 2 aromatic carbocycles. The van der Waals surface area contributed by atoms with Crippen LogP contribution in [0.4, 0.5) is 0 Å². The predicted molar refractivity (Wildman–Crippen MR) is 84.6 cm³/mol. The second-order valence-electron chi connectivity index (χ2n) is 6.22. The molecule has 0 heterocycles. The van der Waals surface area contributed by atoms with Crippen molar-refractivity contribution in [2.75, 3.05) is 0 Å². The number of aryl methyl sites for hydroxylation is 2. The van der Waals surface area contributed by atoms with E-state index in [4.69, 9.17) is 10.5 Å². The van der Waals surface area contributed by atoms with Gasteiger partial charge in [-0.2, -0.15) is 0 Å². The van der Waals surface area contributed by atoms with Gasteiger partial charge in [0.25, 0.3) is 0 Å². The SMILES string of the molecule is NC1c2ccccc2CC1Oc1ccc2c(c1)CCCC2. The molecule has 2 atom stereocenters.